The summed E-state index contributed by atoms with van der Waals surface area (Å²) in [6.07, 6.45) is -0.440. The summed E-state index contributed by atoms with van der Waals surface area (Å²) in [5, 5.41) is 12.0. The molecule has 1 unspecified atom stereocenters. The molecule has 7 heteroatoms. The summed E-state index contributed by atoms with van der Waals surface area (Å²) in [5.74, 6) is 0. The molecule has 0 aliphatic rings. The van der Waals surface area contributed by atoms with Crippen LogP contribution in [0.1, 0.15) is 6.92 Å². The lowest BCUT2D eigenvalue weighted by atomic mass is 10.4. The average Bonchev–Trinajstić information content (AvgIpc) is 2.28. The highest BCUT2D eigenvalue weighted by atomic mass is 79.9. The highest BCUT2D eigenvalue weighted by Gasteiger charge is 2.15. The predicted molar refractivity (Wildman–Crippen MR) is 73.9 cm³/mol. The lowest BCUT2D eigenvalue weighted by molar-refractivity contribution is 0.192. The first kappa shape index (κ1) is 15.6. The maximum atomic E-state index is 11.9. The smallest absolute Gasteiger partial charge is 0.241 e. The van der Waals surface area contributed by atoms with Crippen molar-refractivity contribution in [1.29, 1.82) is 0 Å². The number of sulfonamides is 1. The van der Waals surface area contributed by atoms with Crippen molar-refractivity contribution in [3.05, 3.63) is 28.7 Å². The van der Waals surface area contributed by atoms with Gasteiger partial charge in [0.2, 0.25) is 10.0 Å². The zero-order valence-electron chi connectivity index (χ0n) is 10.1. The van der Waals surface area contributed by atoms with Crippen molar-refractivity contribution in [2.24, 2.45) is 0 Å². The molecule has 1 aromatic rings. The van der Waals surface area contributed by atoms with Gasteiger partial charge >= 0.3 is 0 Å². The van der Waals surface area contributed by atoms with Crippen LogP contribution in [-0.2, 0) is 10.0 Å². The van der Waals surface area contributed by atoms with Gasteiger partial charge in [0.25, 0.3) is 0 Å². The van der Waals surface area contributed by atoms with E-state index < -0.39 is 16.1 Å². The summed E-state index contributed by atoms with van der Waals surface area (Å²) < 4.78 is 26.9. The number of hydrogen-bond donors (Lipinski definition) is 3. The largest absolute Gasteiger partial charge is 0.392 e. The van der Waals surface area contributed by atoms with Gasteiger partial charge in [0.15, 0.2) is 0 Å². The van der Waals surface area contributed by atoms with E-state index in [0.29, 0.717) is 17.6 Å². The van der Waals surface area contributed by atoms with Crippen molar-refractivity contribution >= 4 is 26.0 Å². The molecule has 0 fully saturated rings. The molecule has 0 bridgehead atoms. The lowest BCUT2D eigenvalue weighted by Gasteiger charge is -2.09. The molecule has 0 aromatic heterocycles. The molecule has 18 heavy (non-hydrogen) atoms. The molecule has 1 aromatic carbocycles. The molecule has 0 saturated heterocycles. The first-order valence-corrected chi connectivity index (χ1v) is 7.84. The lowest BCUT2D eigenvalue weighted by Crippen LogP contribution is -2.34. The molecule has 0 aliphatic carbocycles. The maximum Gasteiger partial charge on any atom is 0.241 e. The Hall–Kier alpha value is -0.470. The Balaban J connectivity index is 2.49. The van der Waals surface area contributed by atoms with Crippen LogP contribution in [0.25, 0.3) is 0 Å². The second-order valence-corrected chi connectivity index (χ2v) is 6.47. The first-order valence-electron chi connectivity index (χ1n) is 5.56. The van der Waals surface area contributed by atoms with Gasteiger partial charge in [-0.1, -0.05) is 12.1 Å². The first-order chi connectivity index (χ1) is 8.43. The van der Waals surface area contributed by atoms with Gasteiger partial charge < -0.3 is 10.4 Å². The van der Waals surface area contributed by atoms with Crippen molar-refractivity contribution in [1.82, 2.24) is 10.0 Å². The SMILES string of the molecule is CC(O)CNCCNS(=O)(=O)c1ccccc1Br. The third kappa shape index (κ3) is 5.03. The second-order valence-electron chi connectivity index (χ2n) is 3.88. The van der Waals surface area contributed by atoms with Gasteiger partial charge in [-0.05, 0) is 35.0 Å². The molecule has 0 radical (unpaired) electrons. The summed E-state index contributed by atoms with van der Waals surface area (Å²) >= 11 is 3.21. The third-order valence-electron chi connectivity index (χ3n) is 2.16. The maximum absolute atomic E-state index is 11.9. The van der Waals surface area contributed by atoms with Crippen molar-refractivity contribution in [2.45, 2.75) is 17.9 Å². The fraction of sp³-hybridized carbons (Fsp3) is 0.455. The summed E-state index contributed by atoms with van der Waals surface area (Å²) in [7, 11) is -3.49. The normalized spacial score (nSPS) is 13.5. The van der Waals surface area contributed by atoms with Crippen LogP contribution in [-0.4, -0.2) is 39.3 Å². The minimum atomic E-state index is -3.49. The number of halogens is 1. The van der Waals surface area contributed by atoms with Crippen molar-refractivity contribution in [3.8, 4) is 0 Å². The van der Waals surface area contributed by atoms with E-state index in [2.05, 4.69) is 26.0 Å². The van der Waals surface area contributed by atoms with E-state index in [-0.39, 0.29) is 11.4 Å². The summed E-state index contributed by atoms with van der Waals surface area (Å²) in [6.45, 7) is 2.85. The Kier molecular flexibility index (Phi) is 6.24. The standard InChI is InChI=1S/C11H17BrN2O3S/c1-9(15)8-13-6-7-14-18(16,17)11-5-3-2-4-10(11)12/h2-5,9,13-15H,6-8H2,1H3. The summed E-state index contributed by atoms with van der Waals surface area (Å²) in [6, 6.07) is 6.65. The van der Waals surface area contributed by atoms with Gasteiger partial charge in [0.1, 0.15) is 0 Å². The number of nitrogens with one attached hydrogen (secondary N) is 2. The van der Waals surface area contributed by atoms with Gasteiger partial charge in [-0.25, -0.2) is 13.1 Å². The van der Waals surface area contributed by atoms with E-state index in [0.717, 1.165) is 0 Å². The Morgan fingerprint density at radius 1 is 1.33 bits per heavy atom. The van der Waals surface area contributed by atoms with Crippen LogP contribution in [0.4, 0.5) is 0 Å². The van der Waals surface area contributed by atoms with Crippen molar-refractivity contribution in [3.63, 3.8) is 0 Å². The van der Waals surface area contributed by atoms with Crippen LogP contribution in [0.3, 0.4) is 0 Å². The Labute approximate surface area is 116 Å². The summed E-state index contributed by atoms with van der Waals surface area (Å²) in [5.41, 5.74) is 0. The van der Waals surface area contributed by atoms with Crippen LogP contribution >= 0.6 is 15.9 Å². The number of benzene rings is 1. The predicted octanol–water partition coefficient (Wildman–Crippen LogP) is 0.698. The van der Waals surface area contributed by atoms with Crippen LogP contribution < -0.4 is 10.0 Å². The highest BCUT2D eigenvalue weighted by Crippen LogP contribution is 2.20. The molecule has 102 valence electrons. The van der Waals surface area contributed by atoms with Crippen LogP contribution in [0.15, 0.2) is 33.6 Å². The zero-order valence-corrected chi connectivity index (χ0v) is 12.5. The van der Waals surface area contributed by atoms with Crippen molar-refractivity contribution in [2.75, 3.05) is 19.6 Å². The quantitative estimate of drug-likeness (QED) is 0.640. The summed E-state index contributed by atoms with van der Waals surface area (Å²) in [4.78, 5) is 0.223. The van der Waals surface area contributed by atoms with Crippen molar-refractivity contribution < 1.29 is 13.5 Å². The van der Waals surface area contributed by atoms with Crippen LogP contribution in [0.2, 0.25) is 0 Å². The van der Waals surface area contributed by atoms with Crippen LogP contribution in [0.5, 0.6) is 0 Å². The minimum Gasteiger partial charge on any atom is -0.392 e. The van der Waals surface area contributed by atoms with E-state index >= 15 is 0 Å². The third-order valence-corrected chi connectivity index (χ3v) is 4.63. The van der Waals surface area contributed by atoms with Gasteiger partial charge in [0.05, 0.1) is 11.0 Å². The molecule has 1 atom stereocenters. The molecule has 0 spiro atoms. The van der Waals surface area contributed by atoms with Gasteiger partial charge in [-0.3, -0.25) is 0 Å². The second kappa shape index (κ2) is 7.20. The fourth-order valence-corrected chi connectivity index (χ4v) is 3.36. The van der Waals surface area contributed by atoms with E-state index in [4.69, 9.17) is 5.11 Å². The number of aliphatic hydroxyl groups is 1. The van der Waals surface area contributed by atoms with E-state index in [1.165, 1.54) is 6.07 Å². The molecule has 3 N–H and O–H groups in total. The molecule has 1 rings (SSSR count). The van der Waals surface area contributed by atoms with Gasteiger partial charge in [-0.2, -0.15) is 0 Å². The molecular formula is C11H17BrN2O3S. The fourth-order valence-electron chi connectivity index (χ4n) is 1.33. The Bertz CT molecular complexity index is 477. The molecule has 0 amide bonds. The topological polar surface area (TPSA) is 78.4 Å². The molecular weight excluding hydrogens is 320 g/mol. The van der Waals surface area contributed by atoms with E-state index in [1.807, 2.05) is 0 Å². The number of aliphatic hydroxyl groups excluding tert-OH is 1. The van der Waals surface area contributed by atoms with Gasteiger partial charge in [0, 0.05) is 24.1 Å². The number of hydrogen-bond acceptors (Lipinski definition) is 4. The Morgan fingerprint density at radius 2 is 2.00 bits per heavy atom. The van der Waals surface area contributed by atoms with E-state index in [1.54, 1.807) is 25.1 Å². The molecule has 0 aliphatic heterocycles. The highest BCUT2D eigenvalue weighted by molar-refractivity contribution is 9.10. The molecule has 0 saturated carbocycles. The van der Waals surface area contributed by atoms with E-state index in [9.17, 15) is 8.42 Å². The minimum absolute atomic E-state index is 0.223. The van der Waals surface area contributed by atoms with Crippen LogP contribution in [0, 0.1) is 0 Å². The van der Waals surface area contributed by atoms with Gasteiger partial charge in [-0.15, -0.1) is 0 Å². The number of rotatable bonds is 7. The molecule has 0 heterocycles. The zero-order chi connectivity index (χ0) is 13.6. The monoisotopic (exact) mass is 336 g/mol. The average molecular weight is 337 g/mol. The Morgan fingerprint density at radius 3 is 2.61 bits per heavy atom. The molecule has 5 nitrogen and oxygen atoms in total.